The van der Waals surface area contributed by atoms with Crippen molar-refractivity contribution in [1.82, 2.24) is 5.32 Å². The van der Waals surface area contributed by atoms with E-state index in [0.29, 0.717) is 18.5 Å². The van der Waals surface area contributed by atoms with Gasteiger partial charge < -0.3 is 15.5 Å². The highest BCUT2D eigenvalue weighted by molar-refractivity contribution is 5.31. The van der Waals surface area contributed by atoms with Crippen LogP contribution in [0.5, 0.6) is 0 Å². The van der Waals surface area contributed by atoms with E-state index in [1.54, 1.807) is 25.2 Å². The molecule has 0 saturated carbocycles. The molecule has 0 aliphatic carbocycles. The third kappa shape index (κ3) is 3.82. The lowest BCUT2D eigenvalue weighted by molar-refractivity contribution is 0.0136. The van der Waals surface area contributed by atoms with Gasteiger partial charge in [-0.2, -0.15) is 5.26 Å². The summed E-state index contributed by atoms with van der Waals surface area (Å²) >= 11 is 0. The Morgan fingerprint density at radius 2 is 2.06 bits per heavy atom. The van der Waals surface area contributed by atoms with Gasteiger partial charge in [0.15, 0.2) is 0 Å². The van der Waals surface area contributed by atoms with Gasteiger partial charge in [0.1, 0.15) is 6.10 Å². The van der Waals surface area contributed by atoms with Gasteiger partial charge in [0.2, 0.25) is 0 Å². The summed E-state index contributed by atoms with van der Waals surface area (Å²) < 4.78 is 0. The van der Waals surface area contributed by atoms with Crippen molar-refractivity contribution in [2.45, 2.75) is 25.0 Å². The van der Waals surface area contributed by atoms with Crippen LogP contribution in [0.4, 0.5) is 0 Å². The lowest BCUT2D eigenvalue weighted by Crippen LogP contribution is -2.24. The van der Waals surface area contributed by atoms with Crippen molar-refractivity contribution >= 4 is 0 Å². The van der Waals surface area contributed by atoms with E-state index in [9.17, 15) is 10.2 Å². The van der Waals surface area contributed by atoms with Crippen molar-refractivity contribution in [3.05, 3.63) is 35.4 Å². The average molecular weight is 234 g/mol. The van der Waals surface area contributed by atoms with E-state index in [1.165, 1.54) is 0 Å². The van der Waals surface area contributed by atoms with Crippen molar-refractivity contribution in [3.8, 4) is 6.07 Å². The van der Waals surface area contributed by atoms with Crippen LogP contribution in [0.2, 0.25) is 0 Å². The Labute approximate surface area is 102 Å². The van der Waals surface area contributed by atoms with Crippen molar-refractivity contribution < 1.29 is 10.2 Å². The van der Waals surface area contributed by atoms with E-state index in [-0.39, 0.29) is 6.42 Å². The molecule has 4 heteroatoms. The van der Waals surface area contributed by atoms with E-state index < -0.39 is 12.2 Å². The van der Waals surface area contributed by atoms with Crippen LogP contribution < -0.4 is 5.32 Å². The maximum absolute atomic E-state index is 10.0. The summed E-state index contributed by atoms with van der Waals surface area (Å²) in [4.78, 5) is 0. The number of aliphatic hydroxyl groups excluding tert-OH is 2. The fraction of sp³-hybridized carbons (Fsp3) is 0.462. The topological polar surface area (TPSA) is 76.3 Å². The molecule has 1 rings (SSSR count). The van der Waals surface area contributed by atoms with Crippen LogP contribution in [0.15, 0.2) is 24.3 Å². The van der Waals surface area contributed by atoms with Gasteiger partial charge in [-0.15, -0.1) is 0 Å². The third-order valence-corrected chi connectivity index (χ3v) is 2.70. The molecule has 3 N–H and O–H groups in total. The Balaban J connectivity index is 2.80. The summed E-state index contributed by atoms with van der Waals surface area (Å²) in [6.45, 7) is 0.638. The second kappa shape index (κ2) is 7.02. The Morgan fingerprint density at radius 3 is 2.71 bits per heavy atom. The van der Waals surface area contributed by atoms with E-state index in [1.807, 2.05) is 6.07 Å². The minimum absolute atomic E-state index is 0.242. The standard InChI is InChI=1S/C13H18N2O2/c1-15-9-7-12(16)13(17)11-5-3-2-4-10(11)6-8-14/h2-5,12-13,15-17H,6-7,9H2,1H3. The maximum Gasteiger partial charge on any atom is 0.105 e. The predicted molar refractivity (Wildman–Crippen MR) is 65.3 cm³/mol. The molecule has 4 nitrogen and oxygen atoms in total. The van der Waals surface area contributed by atoms with Gasteiger partial charge in [-0.3, -0.25) is 0 Å². The summed E-state index contributed by atoms with van der Waals surface area (Å²) in [6, 6.07) is 9.22. The molecule has 0 fully saturated rings. The second-order valence-electron chi connectivity index (χ2n) is 3.94. The Bertz CT molecular complexity index is 387. The minimum Gasteiger partial charge on any atom is -0.390 e. The molecular weight excluding hydrogens is 216 g/mol. The highest BCUT2D eigenvalue weighted by atomic mass is 16.3. The molecule has 0 amide bonds. The average Bonchev–Trinajstić information content (AvgIpc) is 2.36. The molecule has 0 aliphatic rings. The number of hydrogen-bond acceptors (Lipinski definition) is 4. The SMILES string of the molecule is CNCCC(O)C(O)c1ccccc1CC#N. The van der Waals surface area contributed by atoms with Crippen LogP contribution in [0, 0.1) is 11.3 Å². The van der Waals surface area contributed by atoms with Gasteiger partial charge in [-0.1, -0.05) is 24.3 Å². The van der Waals surface area contributed by atoms with Gasteiger partial charge in [0, 0.05) is 0 Å². The van der Waals surface area contributed by atoms with E-state index in [2.05, 4.69) is 11.4 Å². The number of aliphatic hydroxyl groups is 2. The number of rotatable bonds is 6. The first kappa shape index (κ1) is 13.7. The van der Waals surface area contributed by atoms with E-state index >= 15 is 0 Å². The summed E-state index contributed by atoms with van der Waals surface area (Å²) in [5, 5.41) is 31.5. The van der Waals surface area contributed by atoms with Crippen molar-refractivity contribution in [1.29, 1.82) is 5.26 Å². The number of hydrogen-bond donors (Lipinski definition) is 3. The van der Waals surface area contributed by atoms with E-state index in [0.717, 1.165) is 5.56 Å². The maximum atomic E-state index is 10.0. The highest BCUT2D eigenvalue weighted by Gasteiger charge is 2.20. The molecule has 0 heterocycles. The molecule has 0 saturated heterocycles. The normalized spacial score (nSPS) is 14.0. The molecule has 0 bridgehead atoms. The third-order valence-electron chi connectivity index (χ3n) is 2.70. The largest absolute Gasteiger partial charge is 0.390 e. The molecular formula is C13H18N2O2. The zero-order chi connectivity index (χ0) is 12.7. The Kier molecular flexibility index (Phi) is 5.64. The van der Waals surface area contributed by atoms with Crippen LogP contribution >= 0.6 is 0 Å². The molecule has 0 radical (unpaired) electrons. The first-order valence-electron chi connectivity index (χ1n) is 5.66. The van der Waals surface area contributed by atoms with Gasteiger partial charge in [0.25, 0.3) is 0 Å². The lowest BCUT2D eigenvalue weighted by atomic mass is 9.96. The first-order chi connectivity index (χ1) is 8.20. The van der Waals surface area contributed by atoms with Crippen LogP contribution in [0.25, 0.3) is 0 Å². The molecule has 0 spiro atoms. The fourth-order valence-electron chi connectivity index (χ4n) is 1.73. The first-order valence-corrected chi connectivity index (χ1v) is 5.66. The monoisotopic (exact) mass is 234 g/mol. The summed E-state index contributed by atoms with van der Waals surface area (Å²) in [7, 11) is 1.79. The number of benzene rings is 1. The quantitative estimate of drug-likeness (QED) is 0.679. The predicted octanol–water partition coefficient (Wildman–Crippen LogP) is 0.756. The van der Waals surface area contributed by atoms with Gasteiger partial charge in [-0.05, 0) is 31.1 Å². The molecule has 1 aromatic rings. The smallest absolute Gasteiger partial charge is 0.105 e. The van der Waals surface area contributed by atoms with Gasteiger partial charge in [-0.25, -0.2) is 0 Å². The van der Waals surface area contributed by atoms with E-state index in [4.69, 9.17) is 5.26 Å². The zero-order valence-electron chi connectivity index (χ0n) is 9.93. The zero-order valence-corrected chi connectivity index (χ0v) is 9.93. The second-order valence-corrected chi connectivity index (χ2v) is 3.94. The lowest BCUT2D eigenvalue weighted by Gasteiger charge is -2.20. The Morgan fingerprint density at radius 1 is 1.35 bits per heavy atom. The molecule has 1 aromatic carbocycles. The van der Waals surface area contributed by atoms with Crippen molar-refractivity contribution in [2.24, 2.45) is 0 Å². The molecule has 0 aliphatic heterocycles. The van der Waals surface area contributed by atoms with Crippen molar-refractivity contribution in [2.75, 3.05) is 13.6 Å². The molecule has 0 aromatic heterocycles. The number of nitrogens with zero attached hydrogens (tertiary/aromatic N) is 1. The van der Waals surface area contributed by atoms with Gasteiger partial charge >= 0.3 is 0 Å². The Hall–Kier alpha value is -1.41. The number of nitrogens with one attached hydrogen (secondary N) is 1. The molecule has 92 valence electrons. The van der Waals surface area contributed by atoms with Gasteiger partial charge in [0.05, 0.1) is 18.6 Å². The highest BCUT2D eigenvalue weighted by Crippen LogP contribution is 2.22. The molecule has 2 atom stereocenters. The van der Waals surface area contributed by atoms with Crippen LogP contribution in [0.3, 0.4) is 0 Å². The summed E-state index contributed by atoms with van der Waals surface area (Å²) in [6.07, 6.45) is -1.04. The van der Waals surface area contributed by atoms with Crippen molar-refractivity contribution in [3.63, 3.8) is 0 Å². The molecule has 2 unspecified atom stereocenters. The fourth-order valence-corrected chi connectivity index (χ4v) is 1.73. The summed E-state index contributed by atoms with van der Waals surface area (Å²) in [5.74, 6) is 0. The van der Waals surface area contributed by atoms with Crippen LogP contribution in [-0.2, 0) is 6.42 Å². The minimum atomic E-state index is -0.937. The molecule has 17 heavy (non-hydrogen) atoms. The van der Waals surface area contributed by atoms with Crippen LogP contribution in [0.1, 0.15) is 23.7 Å². The van der Waals surface area contributed by atoms with Crippen LogP contribution in [-0.4, -0.2) is 29.9 Å². The summed E-state index contributed by atoms with van der Waals surface area (Å²) in [5.41, 5.74) is 1.41. The number of nitriles is 1.